The Morgan fingerprint density at radius 3 is 2.60 bits per heavy atom. The zero-order chi connectivity index (χ0) is 14.7. The van der Waals surface area contributed by atoms with Gasteiger partial charge in [-0.1, -0.05) is 29.3 Å². The van der Waals surface area contributed by atoms with Crippen molar-refractivity contribution >= 4 is 29.1 Å². The molecule has 1 heterocycles. The SMILES string of the molecule is O=C(Cc1c(Cl)cccc1Cl)N[C@@H]1COC[C@@H](O)[C@H]1O. The number of hydrogen-bond acceptors (Lipinski definition) is 4. The van der Waals surface area contributed by atoms with Crippen molar-refractivity contribution in [3.05, 3.63) is 33.8 Å². The number of aliphatic hydroxyl groups is 2. The molecule has 20 heavy (non-hydrogen) atoms. The predicted octanol–water partition coefficient (Wildman–Crippen LogP) is 0.773. The van der Waals surface area contributed by atoms with E-state index in [1.807, 2.05) is 0 Å². The summed E-state index contributed by atoms with van der Waals surface area (Å²) in [7, 11) is 0. The van der Waals surface area contributed by atoms with Gasteiger partial charge < -0.3 is 20.3 Å². The molecule has 0 spiro atoms. The topological polar surface area (TPSA) is 78.8 Å². The number of carbonyl (C=O) groups excluding carboxylic acids is 1. The normalized spacial score (nSPS) is 26.3. The Labute approximate surface area is 126 Å². The molecular formula is C13H15Cl2NO4. The summed E-state index contributed by atoms with van der Waals surface area (Å²) in [5.74, 6) is -0.346. The second kappa shape index (κ2) is 6.74. The number of carbonyl (C=O) groups is 1. The zero-order valence-electron chi connectivity index (χ0n) is 10.6. The smallest absolute Gasteiger partial charge is 0.224 e. The number of aliphatic hydroxyl groups excluding tert-OH is 2. The van der Waals surface area contributed by atoms with Gasteiger partial charge in [0.2, 0.25) is 5.91 Å². The van der Waals surface area contributed by atoms with Crippen LogP contribution in [0.25, 0.3) is 0 Å². The highest BCUT2D eigenvalue weighted by molar-refractivity contribution is 6.36. The second-order valence-corrected chi connectivity index (χ2v) is 5.46. The molecule has 0 unspecified atom stereocenters. The molecule has 0 radical (unpaired) electrons. The van der Waals surface area contributed by atoms with Crippen LogP contribution >= 0.6 is 23.2 Å². The van der Waals surface area contributed by atoms with Gasteiger partial charge in [-0.3, -0.25) is 4.79 Å². The number of halogens is 2. The predicted molar refractivity (Wildman–Crippen MR) is 74.9 cm³/mol. The Bertz CT molecular complexity index is 477. The van der Waals surface area contributed by atoms with E-state index >= 15 is 0 Å². The number of rotatable bonds is 3. The van der Waals surface area contributed by atoms with Gasteiger partial charge in [0, 0.05) is 10.0 Å². The van der Waals surface area contributed by atoms with Crippen LogP contribution in [0.5, 0.6) is 0 Å². The van der Waals surface area contributed by atoms with Crippen molar-refractivity contribution in [2.75, 3.05) is 13.2 Å². The maximum Gasteiger partial charge on any atom is 0.224 e. The summed E-state index contributed by atoms with van der Waals surface area (Å²) >= 11 is 12.0. The van der Waals surface area contributed by atoms with Crippen molar-refractivity contribution < 1.29 is 19.7 Å². The van der Waals surface area contributed by atoms with E-state index in [1.54, 1.807) is 18.2 Å². The van der Waals surface area contributed by atoms with Crippen LogP contribution in [0.3, 0.4) is 0 Å². The lowest BCUT2D eigenvalue weighted by molar-refractivity contribution is -0.131. The Kier molecular flexibility index (Phi) is 5.23. The lowest BCUT2D eigenvalue weighted by Crippen LogP contribution is -2.56. The molecule has 0 saturated carbocycles. The number of amides is 1. The fourth-order valence-electron chi connectivity index (χ4n) is 2.03. The number of hydrogen-bond donors (Lipinski definition) is 3. The molecule has 3 N–H and O–H groups in total. The molecule has 110 valence electrons. The van der Waals surface area contributed by atoms with Gasteiger partial charge in [0.15, 0.2) is 0 Å². The van der Waals surface area contributed by atoms with Gasteiger partial charge in [-0.05, 0) is 17.7 Å². The van der Waals surface area contributed by atoms with Crippen LogP contribution in [0.4, 0.5) is 0 Å². The Morgan fingerprint density at radius 1 is 1.30 bits per heavy atom. The maximum absolute atomic E-state index is 12.0. The first-order valence-electron chi connectivity index (χ1n) is 6.15. The second-order valence-electron chi connectivity index (χ2n) is 4.65. The Hall–Kier alpha value is -0.850. The molecule has 1 aliphatic heterocycles. The molecule has 7 heteroatoms. The van der Waals surface area contributed by atoms with E-state index in [9.17, 15) is 15.0 Å². The molecule has 1 aromatic carbocycles. The molecule has 0 aliphatic carbocycles. The quantitative estimate of drug-likeness (QED) is 0.769. The first kappa shape index (κ1) is 15.5. The van der Waals surface area contributed by atoms with Crippen molar-refractivity contribution in [3.8, 4) is 0 Å². The third kappa shape index (κ3) is 3.62. The number of ether oxygens (including phenoxy) is 1. The molecule has 0 bridgehead atoms. The van der Waals surface area contributed by atoms with E-state index in [0.29, 0.717) is 15.6 Å². The first-order chi connectivity index (χ1) is 9.49. The van der Waals surface area contributed by atoms with Gasteiger partial charge >= 0.3 is 0 Å². The van der Waals surface area contributed by atoms with E-state index < -0.39 is 18.2 Å². The van der Waals surface area contributed by atoms with Crippen LogP contribution in [0.15, 0.2) is 18.2 Å². The number of benzene rings is 1. The molecule has 1 aliphatic rings. The van der Waals surface area contributed by atoms with E-state index in [4.69, 9.17) is 27.9 Å². The van der Waals surface area contributed by atoms with Crippen molar-refractivity contribution in [3.63, 3.8) is 0 Å². The molecule has 1 aromatic rings. The van der Waals surface area contributed by atoms with Crippen molar-refractivity contribution in [2.45, 2.75) is 24.7 Å². The van der Waals surface area contributed by atoms with E-state index in [-0.39, 0.29) is 25.5 Å². The van der Waals surface area contributed by atoms with Crippen molar-refractivity contribution in [1.82, 2.24) is 5.32 Å². The number of nitrogens with one attached hydrogen (secondary N) is 1. The summed E-state index contributed by atoms with van der Waals surface area (Å²) in [6, 6.07) is 4.35. The minimum absolute atomic E-state index is 0.00216. The largest absolute Gasteiger partial charge is 0.388 e. The molecule has 0 aromatic heterocycles. The highest BCUT2D eigenvalue weighted by atomic mass is 35.5. The lowest BCUT2D eigenvalue weighted by Gasteiger charge is -2.32. The third-order valence-electron chi connectivity index (χ3n) is 3.14. The Balaban J connectivity index is 1.99. The van der Waals surface area contributed by atoms with Crippen LogP contribution in [0, 0.1) is 0 Å². The molecule has 2 rings (SSSR count). The van der Waals surface area contributed by atoms with Gasteiger partial charge in [0.25, 0.3) is 0 Å². The molecule has 1 fully saturated rings. The molecule has 1 amide bonds. The fourth-order valence-corrected chi connectivity index (χ4v) is 2.56. The van der Waals surface area contributed by atoms with Crippen LogP contribution in [0.1, 0.15) is 5.56 Å². The van der Waals surface area contributed by atoms with E-state index in [0.717, 1.165) is 0 Å². The molecule has 3 atom stereocenters. The molecule has 1 saturated heterocycles. The summed E-state index contributed by atoms with van der Waals surface area (Å²) in [4.78, 5) is 12.0. The summed E-state index contributed by atoms with van der Waals surface area (Å²) in [6.07, 6.45) is -2.05. The van der Waals surface area contributed by atoms with Crippen LogP contribution in [0.2, 0.25) is 10.0 Å². The van der Waals surface area contributed by atoms with Crippen LogP contribution in [-0.4, -0.2) is 47.6 Å². The molecule has 5 nitrogen and oxygen atoms in total. The van der Waals surface area contributed by atoms with Gasteiger partial charge in [-0.2, -0.15) is 0 Å². The Morgan fingerprint density at radius 2 is 1.95 bits per heavy atom. The third-order valence-corrected chi connectivity index (χ3v) is 3.85. The maximum atomic E-state index is 12.0. The fraction of sp³-hybridized carbons (Fsp3) is 0.462. The van der Waals surface area contributed by atoms with E-state index in [2.05, 4.69) is 5.32 Å². The summed E-state index contributed by atoms with van der Waals surface area (Å²) in [6.45, 7) is 0.212. The summed E-state index contributed by atoms with van der Waals surface area (Å²) < 4.78 is 5.09. The summed E-state index contributed by atoms with van der Waals surface area (Å²) in [5, 5.41) is 22.7. The minimum atomic E-state index is -1.05. The van der Waals surface area contributed by atoms with Gasteiger partial charge in [0.05, 0.1) is 25.7 Å². The van der Waals surface area contributed by atoms with Crippen LogP contribution < -0.4 is 5.32 Å². The minimum Gasteiger partial charge on any atom is -0.388 e. The van der Waals surface area contributed by atoms with Crippen LogP contribution in [-0.2, 0) is 16.0 Å². The zero-order valence-corrected chi connectivity index (χ0v) is 12.1. The average Bonchev–Trinajstić information content (AvgIpc) is 2.39. The summed E-state index contributed by atoms with van der Waals surface area (Å²) in [5.41, 5.74) is 0.528. The van der Waals surface area contributed by atoms with Gasteiger partial charge in [0.1, 0.15) is 12.2 Å². The van der Waals surface area contributed by atoms with Gasteiger partial charge in [-0.15, -0.1) is 0 Å². The van der Waals surface area contributed by atoms with Crippen molar-refractivity contribution in [2.24, 2.45) is 0 Å². The first-order valence-corrected chi connectivity index (χ1v) is 6.90. The monoisotopic (exact) mass is 319 g/mol. The highest BCUT2D eigenvalue weighted by Crippen LogP contribution is 2.24. The van der Waals surface area contributed by atoms with Crippen molar-refractivity contribution in [1.29, 1.82) is 0 Å². The highest BCUT2D eigenvalue weighted by Gasteiger charge is 2.32. The average molecular weight is 320 g/mol. The lowest BCUT2D eigenvalue weighted by atomic mass is 10.0. The standard InChI is InChI=1S/C13H15Cl2NO4/c14-8-2-1-3-9(15)7(8)4-12(18)16-10-5-20-6-11(17)13(10)19/h1-3,10-11,13,17,19H,4-6H2,(H,16,18)/t10-,11-,13+/m1/s1. The van der Waals surface area contributed by atoms with E-state index in [1.165, 1.54) is 0 Å². The molecular weight excluding hydrogens is 305 g/mol. The van der Waals surface area contributed by atoms with Gasteiger partial charge in [-0.25, -0.2) is 0 Å².